The van der Waals surface area contributed by atoms with Crippen molar-refractivity contribution >= 4 is 22.9 Å². The summed E-state index contributed by atoms with van der Waals surface area (Å²) in [5, 5.41) is 9.71. The Labute approximate surface area is 122 Å². The summed E-state index contributed by atoms with van der Waals surface area (Å²) in [7, 11) is 0. The van der Waals surface area contributed by atoms with Crippen LogP contribution in [0, 0.1) is 13.8 Å². The molecular formula is C14H20N4OS. The Kier molecular flexibility index (Phi) is 4.44. The topological polar surface area (TPSA) is 83.8 Å². The van der Waals surface area contributed by atoms with Crippen molar-refractivity contribution in [3.8, 4) is 0 Å². The van der Waals surface area contributed by atoms with Crippen LogP contribution in [0.2, 0.25) is 0 Å². The first-order valence-electron chi connectivity index (χ1n) is 6.69. The fraction of sp³-hybridized carbons (Fsp3) is 0.429. The molecule has 5 nitrogen and oxygen atoms in total. The summed E-state index contributed by atoms with van der Waals surface area (Å²) in [6.45, 7) is 6.71. The molecule has 2 aromatic rings. The summed E-state index contributed by atoms with van der Waals surface area (Å²) in [5.74, 6) is -0.232. The first-order chi connectivity index (χ1) is 9.52. The molecule has 0 aliphatic rings. The van der Waals surface area contributed by atoms with Gasteiger partial charge in [-0.25, -0.2) is 0 Å². The number of aromatic amines is 1. The molecule has 0 unspecified atom stereocenters. The fourth-order valence-corrected chi connectivity index (χ4v) is 2.98. The van der Waals surface area contributed by atoms with Crippen LogP contribution in [0.15, 0.2) is 6.07 Å². The van der Waals surface area contributed by atoms with Gasteiger partial charge in [0.25, 0.3) is 5.91 Å². The van der Waals surface area contributed by atoms with Gasteiger partial charge in [-0.05, 0) is 31.9 Å². The van der Waals surface area contributed by atoms with Gasteiger partial charge >= 0.3 is 0 Å². The minimum atomic E-state index is -0.232. The second kappa shape index (κ2) is 6.09. The molecule has 0 saturated heterocycles. The average molecular weight is 292 g/mol. The number of nitrogens with one attached hydrogen (secondary N) is 2. The van der Waals surface area contributed by atoms with Crippen LogP contribution < -0.4 is 11.1 Å². The molecule has 0 fully saturated rings. The second-order valence-electron chi connectivity index (χ2n) is 4.85. The fourth-order valence-electron chi connectivity index (χ4n) is 1.99. The third-order valence-electron chi connectivity index (χ3n) is 3.24. The van der Waals surface area contributed by atoms with E-state index in [-0.39, 0.29) is 5.91 Å². The number of H-pyrrole nitrogens is 1. The van der Waals surface area contributed by atoms with Gasteiger partial charge in [-0.15, -0.1) is 11.3 Å². The number of rotatable bonds is 5. The number of aryl methyl sites for hydroxylation is 3. The quantitative estimate of drug-likeness (QED) is 0.792. The molecule has 0 aliphatic carbocycles. The highest BCUT2D eigenvalue weighted by molar-refractivity contribution is 7.12. The summed E-state index contributed by atoms with van der Waals surface area (Å²) >= 11 is 1.69. The molecule has 2 heterocycles. The molecule has 0 aliphatic heterocycles. The SMILES string of the molecule is CCCc1[nH]nc(C(=O)NCc2cc(C)c(C)s2)c1N. The lowest BCUT2D eigenvalue weighted by molar-refractivity contribution is 0.0947. The maximum absolute atomic E-state index is 12.1. The number of aromatic nitrogens is 2. The van der Waals surface area contributed by atoms with Crippen LogP contribution in [-0.4, -0.2) is 16.1 Å². The van der Waals surface area contributed by atoms with Gasteiger partial charge in [-0.2, -0.15) is 5.10 Å². The van der Waals surface area contributed by atoms with Gasteiger partial charge in [0.1, 0.15) is 0 Å². The minimum absolute atomic E-state index is 0.232. The van der Waals surface area contributed by atoms with Crippen LogP contribution in [0.5, 0.6) is 0 Å². The molecule has 20 heavy (non-hydrogen) atoms. The van der Waals surface area contributed by atoms with Crippen molar-refractivity contribution in [2.75, 3.05) is 5.73 Å². The van der Waals surface area contributed by atoms with Gasteiger partial charge in [0.15, 0.2) is 5.69 Å². The first-order valence-corrected chi connectivity index (χ1v) is 7.51. The van der Waals surface area contributed by atoms with Crippen LogP contribution in [0.3, 0.4) is 0 Å². The van der Waals surface area contributed by atoms with Crippen LogP contribution in [0.4, 0.5) is 5.69 Å². The standard InChI is InChI=1S/C14H20N4OS/c1-4-5-11-12(15)13(18-17-11)14(19)16-7-10-6-8(2)9(3)20-10/h6H,4-5,7,15H2,1-3H3,(H,16,19)(H,17,18). The summed E-state index contributed by atoms with van der Waals surface area (Å²) in [4.78, 5) is 14.5. The van der Waals surface area contributed by atoms with E-state index in [1.54, 1.807) is 11.3 Å². The Hall–Kier alpha value is -1.82. The molecule has 0 spiro atoms. The number of nitrogens with two attached hydrogens (primary N) is 1. The van der Waals surface area contributed by atoms with E-state index < -0.39 is 0 Å². The van der Waals surface area contributed by atoms with E-state index in [1.165, 1.54) is 10.4 Å². The van der Waals surface area contributed by atoms with E-state index in [0.29, 0.717) is 17.9 Å². The van der Waals surface area contributed by atoms with E-state index in [1.807, 2.05) is 0 Å². The molecule has 2 aromatic heterocycles. The Bertz CT molecular complexity index is 595. The van der Waals surface area contributed by atoms with Crippen LogP contribution in [0.25, 0.3) is 0 Å². The summed E-state index contributed by atoms with van der Waals surface area (Å²) < 4.78 is 0. The van der Waals surface area contributed by atoms with Crippen molar-refractivity contribution in [3.63, 3.8) is 0 Å². The largest absolute Gasteiger partial charge is 0.395 e. The lowest BCUT2D eigenvalue weighted by atomic mass is 10.2. The van der Waals surface area contributed by atoms with Crippen LogP contribution >= 0.6 is 11.3 Å². The molecule has 0 radical (unpaired) electrons. The number of carbonyl (C=O) groups is 1. The minimum Gasteiger partial charge on any atom is -0.395 e. The molecule has 0 bridgehead atoms. The summed E-state index contributed by atoms with van der Waals surface area (Å²) in [5.41, 5.74) is 8.77. The zero-order chi connectivity index (χ0) is 14.7. The van der Waals surface area contributed by atoms with Gasteiger partial charge in [0.05, 0.1) is 17.9 Å². The number of nitrogens with zero attached hydrogens (tertiary/aromatic N) is 1. The lowest BCUT2D eigenvalue weighted by Gasteiger charge is -2.02. The zero-order valence-corrected chi connectivity index (χ0v) is 12.9. The number of nitrogen functional groups attached to an aromatic ring is 1. The van der Waals surface area contributed by atoms with E-state index in [0.717, 1.165) is 23.4 Å². The van der Waals surface area contributed by atoms with E-state index in [2.05, 4.69) is 42.4 Å². The third kappa shape index (κ3) is 3.01. The number of carbonyl (C=O) groups excluding carboxylic acids is 1. The van der Waals surface area contributed by atoms with E-state index in [9.17, 15) is 4.79 Å². The number of hydrogen-bond donors (Lipinski definition) is 3. The Morgan fingerprint density at radius 1 is 1.50 bits per heavy atom. The highest BCUT2D eigenvalue weighted by Crippen LogP contribution is 2.21. The van der Waals surface area contributed by atoms with Crippen molar-refractivity contribution in [3.05, 3.63) is 32.8 Å². The number of anilines is 1. The second-order valence-corrected chi connectivity index (χ2v) is 6.19. The highest BCUT2D eigenvalue weighted by atomic mass is 32.1. The van der Waals surface area contributed by atoms with Crippen molar-refractivity contribution in [1.82, 2.24) is 15.5 Å². The molecule has 1 amide bonds. The molecule has 4 N–H and O–H groups in total. The Morgan fingerprint density at radius 2 is 2.25 bits per heavy atom. The summed E-state index contributed by atoms with van der Waals surface area (Å²) in [6, 6.07) is 2.09. The smallest absolute Gasteiger partial charge is 0.274 e. The van der Waals surface area contributed by atoms with Gasteiger partial charge in [0, 0.05) is 9.75 Å². The first kappa shape index (κ1) is 14.6. The van der Waals surface area contributed by atoms with Crippen molar-refractivity contribution in [2.24, 2.45) is 0 Å². The van der Waals surface area contributed by atoms with Gasteiger partial charge in [0.2, 0.25) is 0 Å². The van der Waals surface area contributed by atoms with Crippen LogP contribution in [0.1, 0.15) is 44.8 Å². The predicted molar refractivity (Wildman–Crippen MR) is 82.0 cm³/mol. The maximum atomic E-state index is 12.1. The van der Waals surface area contributed by atoms with Crippen molar-refractivity contribution in [1.29, 1.82) is 0 Å². The molecule has 0 atom stereocenters. The number of thiophene rings is 1. The van der Waals surface area contributed by atoms with E-state index in [4.69, 9.17) is 5.73 Å². The van der Waals surface area contributed by atoms with Gasteiger partial charge in [-0.3, -0.25) is 9.89 Å². The van der Waals surface area contributed by atoms with Crippen molar-refractivity contribution < 1.29 is 4.79 Å². The molecule has 2 rings (SSSR count). The Balaban J connectivity index is 2.01. The normalized spacial score (nSPS) is 10.8. The molecule has 0 saturated carbocycles. The monoisotopic (exact) mass is 292 g/mol. The molecular weight excluding hydrogens is 272 g/mol. The molecule has 0 aromatic carbocycles. The molecule has 108 valence electrons. The summed E-state index contributed by atoms with van der Waals surface area (Å²) in [6.07, 6.45) is 1.76. The Morgan fingerprint density at radius 3 is 2.85 bits per heavy atom. The van der Waals surface area contributed by atoms with E-state index >= 15 is 0 Å². The highest BCUT2D eigenvalue weighted by Gasteiger charge is 2.16. The van der Waals surface area contributed by atoms with Gasteiger partial charge in [-0.1, -0.05) is 13.3 Å². The third-order valence-corrected chi connectivity index (χ3v) is 4.39. The maximum Gasteiger partial charge on any atom is 0.274 e. The van der Waals surface area contributed by atoms with Crippen LogP contribution in [-0.2, 0) is 13.0 Å². The number of hydrogen-bond acceptors (Lipinski definition) is 4. The van der Waals surface area contributed by atoms with Crippen molar-refractivity contribution in [2.45, 2.75) is 40.2 Å². The molecule has 6 heteroatoms. The number of amides is 1. The average Bonchev–Trinajstić information content (AvgIpc) is 2.92. The zero-order valence-electron chi connectivity index (χ0n) is 12.0. The predicted octanol–water partition coefficient (Wildman–Crippen LogP) is 2.55. The van der Waals surface area contributed by atoms with Gasteiger partial charge < -0.3 is 11.1 Å². The lowest BCUT2D eigenvalue weighted by Crippen LogP contribution is -2.23.